The molecule has 0 unspecified atom stereocenters. The summed E-state index contributed by atoms with van der Waals surface area (Å²) in [4.78, 5) is 15.0. The minimum Gasteiger partial charge on any atom is -0.304 e. The third-order valence-electron chi connectivity index (χ3n) is 5.65. The van der Waals surface area contributed by atoms with Gasteiger partial charge in [-0.1, -0.05) is 37.3 Å². The van der Waals surface area contributed by atoms with Crippen molar-refractivity contribution in [3.63, 3.8) is 0 Å². The normalized spacial score (nSPS) is 13.0. The maximum atomic E-state index is 13.8. The smallest absolute Gasteiger partial charge is 0.258 e. The Morgan fingerprint density at radius 2 is 1.84 bits per heavy atom. The summed E-state index contributed by atoms with van der Waals surface area (Å²) in [7, 11) is 0. The van der Waals surface area contributed by atoms with Crippen molar-refractivity contribution in [3.05, 3.63) is 89.1 Å². The van der Waals surface area contributed by atoms with Crippen molar-refractivity contribution in [1.29, 1.82) is 0 Å². The lowest BCUT2D eigenvalue weighted by Crippen LogP contribution is -2.24. The molecule has 1 amide bonds. The van der Waals surface area contributed by atoms with E-state index in [1.54, 1.807) is 17.2 Å². The molecule has 0 bridgehead atoms. The van der Waals surface area contributed by atoms with Crippen LogP contribution in [-0.4, -0.2) is 21.3 Å². The summed E-state index contributed by atoms with van der Waals surface area (Å²) in [5.41, 5.74) is 6.08. The third kappa shape index (κ3) is 3.18. The highest BCUT2D eigenvalue weighted by molar-refractivity contribution is 6.11. The summed E-state index contributed by atoms with van der Waals surface area (Å²) in [5.74, 6) is -1.88. The van der Waals surface area contributed by atoms with Crippen LogP contribution in [0.1, 0.15) is 28.4 Å². The van der Waals surface area contributed by atoms with Gasteiger partial charge in [0.1, 0.15) is 5.69 Å². The molecule has 1 N–H and O–H groups in total. The Bertz CT molecular complexity index is 1300. The highest BCUT2D eigenvalue weighted by Crippen LogP contribution is 2.37. The molecule has 0 atom stereocenters. The number of rotatable bonds is 4. The van der Waals surface area contributed by atoms with E-state index in [0.29, 0.717) is 29.8 Å². The quantitative estimate of drug-likeness (QED) is 0.501. The minimum atomic E-state index is -0.894. The number of amides is 1. The third-order valence-corrected chi connectivity index (χ3v) is 5.65. The molecule has 0 saturated heterocycles. The van der Waals surface area contributed by atoms with Gasteiger partial charge in [0.15, 0.2) is 11.6 Å². The Hall–Kier alpha value is -3.87. The van der Waals surface area contributed by atoms with E-state index in [2.05, 4.69) is 15.4 Å². The molecule has 0 radical (unpaired) electrons. The standard InChI is InChI=1S/C24H18F2N4O/c1-2-17-18(14-8-9-20(25)21(26)11-14)4-3-5-23(17)30-13-16-7-6-15(10-19(16)24(30)31)22-12-27-29-28-22/h3-12H,2,13H2,1H3,(H,27,28,29). The lowest BCUT2D eigenvalue weighted by atomic mass is 9.96. The number of H-pyrrole nitrogens is 1. The predicted octanol–water partition coefficient (Wildman–Crippen LogP) is 5.14. The van der Waals surface area contributed by atoms with Crippen LogP contribution in [0.2, 0.25) is 0 Å². The largest absolute Gasteiger partial charge is 0.304 e. The van der Waals surface area contributed by atoms with E-state index in [1.165, 1.54) is 6.07 Å². The van der Waals surface area contributed by atoms with E-state index < -0.39 is 11.6 Å². The SMILES string of the molecule is CCc1c(-c2ccc(F)c(F)c2)cccc1N1Cc2ccc(-c3cn[nH]n3)cc2C1=O. The molecular formula is C24H18F2N4O. The van der Waals surface area contributed by atoms with Crippen LogP contribution in [-0.2, 0) is 13.0 Å². The van der Waals surface area contributed by atoms with Crippen molar-refractivity contribution >= 4 is 11.6 Å². The van der Waals surface area contributed by atoms with Gasteiger partial charge >= 0.3 is 0 Å². The fourth-order valence-electron chi connectivity index (χ4n) is 4.13. The van der Waals surface area contributed by atoms with E-state index >= 15 is 0 Å². The number of carbonyl (C=O) groups is 1. The number of anilines is 1. The molecule has 31 heavy (non-hydrogen) atoms. The summed E-state index contributed by atoms with van der Waals surface area (Å²) in [6, 6.07) is 15.2. The van der Waals surface area contributed by atoms with Gasteiger partial charge in [0.05, 0.1) is 12.7 Å². The molecular weight excluding hydrogens is 398 g/mol. The van der Waals surface area contributed by atoms with Gasteiger partial charge in [0.2, 0.25) is 0 Å². The van der Waals surface area contributed by atoms with E-state index in [1.807, 2.05) is 43.3 Å². The fraction of sp³-hybridized carbons (Fsp3) is 0.125. The number of aromatic nitrogens is 3. The summed E-state index contributed by atoms with van der Waals surface area (Å²) in [5, 5.41) is 10.5. The summed E-state index contributed by atoms with van der Waals surface area (Å²) in [6.45, 7) is 2.43. The number of fused-ring (bicyclic) bond motifs is 1. The monoisotopic (exact) mass is 416 g/mol. The van der Waals surface area contributed by atoms with Crippen molar-refractivity contribution in [1.82, 2.24) is 15.4 Å². The Morgan fingerprint density at radius 1 is 1.00 bits per heavy atom. The molecule has 3 aromatic carbocycles. The second-order valence-corrected chi connectivity index (χ2v) is 7.40. The Labute approximate surface area is 177 Å². The first-order valence-corrected chi connectivity index (χ1v) is 9.95. The number of halogens is 2. The summed E-state index contributed by atoms with van der Waals surface area (Å²) < 4.78 is 27.3. The van der Waals surface area contributed by atoms with Crippen molar-refractivity contribution < 1.29 is 13.6 Å². The van der Waals surface area contributed by atoms with Crippen molar-refractivity contribution in [2.75, 3.05) is 4.90 Å². The van der Waals surface area contributed by atoms with Gasteiger partial charge in [0.25, 0.3) is 5.91 Å². The predicted molar refractivity (Wildman–Crippen MR) is 114 cm³/mol. The zero-order valence-corrected chi connectivity index (χ0v) is 16.7. The van der Waals surface area contributed by atoms with Gasteiger partial charge in [0, 0.05) is 16.8 Å². The van der Waals surface area contributed by atoms with Crippen LogP contribution in [0.3, 0.4) is 0 Å². The van der Waals surface area contributed by atoms with Crippen LogP contribution in [0, 0.1) is 11.6 Å². The lowest BCUT2D eigenvalue weighted by molar-refractivity contribution is 0.0996. The van der Waals surface area contributed by atoms with Crippen LogP contribution in [0.25, 0.3) is 22.4 Å². The maximum absolute atomic E-state index is 13.8. The number of benzene rings is 3. The molecule has 1 aliphatic rings. The second kappa shape index (κ2) is 7.43. The van der Waals surface area contributed by atoms with Crippen molar-refractivity contribution in [2.24, 2.45) is 0 Å². The number of nitrogens with zero attached hydrogens (tertiary/aromatic N) is 3. The average molecular weight is 416 g/mol. The molecule has 0 fully saturated rings. The molecule has 5 nitrogen and oxygen atoms in total. The highest BCUT2D eigenvalue weighted by atomic mass is 19.2. The zero-order chi connectivity index (χ0) is 21.5. The Kier molecular flexibility index (Phi) is 4.58. The van der Waals surface area contributed by atoms with Gasteiger partial charge in [-0.05, 0) is 52.9 Å². The van der Waals surface area contributed by atoms with Crippen molar-refractivity contribution in [3.8, 4) is 22.4 Å². The lowest BCUT2D eigenvalue weighted by Gasteiger charge is -2.22. The van der Waals surface area contributed by atoms with Crippen LogP contribution >= 0.6 is 0 Å². The topological polar surface area (TPSA) is 61.9 Å². The number of hydrogen-bond acceptors (Lipinski definition) is 3. The molecule has 5 rings (SSSR count). The molecule has 0 saturated carbocycles. The Morgan fingerprint density at radius 3 is 2.58 bits per heavy atom. The van der Waals surface area contributed by atoms with Crippen LogP contribution in [0.15, 0.2) is 60.8 Å². The molecule has 4 aromatic rings. The first kappa shape index (κ1) is 19.1. The summed E-state index contributed by atoms with van der Waals surface area (Å²) in [6.07, 6.45) is 2.24. The van der Waals surface area contributed by atoms with Crippen molar-refractivity contribution in [2.45, 2.75) is 19.9 Å². The fourth-order valence-corrected chi connectivity index (χ4v) is 4.13. The molecule has 0 spiro atoms. The van der Waals surface area contributed by atoms with Crippen LogP contribution in [0.4, 0.5) is 14.5 Å². The van der Waals surface area contributed by atoms with E-state index in [0.717, 1.165) is 34.0 Å². The van der Waals surface area contributed by atoms with Gasteiger partial charge in [-0.3, -0.25) is 4.79 Å². The molecule has 1 aliphatic heterocycles. The first-order chi connectivity index (χ1) is 15.1. The van der Waals surface area contributed by atoms with Crippen LogP contribution < -0.4 is 4.90 Å². The number of aromatic amines is 1. The van der Waals surface area contributed by atoms with Gasteiger partial charge in [-0.2, -0.15) is 15.4 Å². The second-order valence-electron chi connectivity index (χ2n) is 7.40. The number of hydrogen-bond donors (Lipinski definition) is 1. The molecule has 1 aromatic heterocycles. The molecule has 7 heteroatoms. The van der Waals surface area contributed by atoms with Gasteiger partial charge in [-0.15, -0.1) is 0 Å². The number of nitrogens with one attached hydrogen (secondary N) is 1. The van der Waals surface area contributed by atoms with Gasteiger partial charge < -0.3 is 4.90 Å². The molecule has 0 aliphatic carbocycles. The number of carbonyl (C=O) groups excluding carboxylic acids is 1. The van der Waals surface area contributed by atoms with Gasteiger partial charge in [-0.25, -0.2) is 8.78 Å². The molecule has 154 valence electrons. The minimum absolute atomic E-state index is 0.0996. The van der Waals surface area contributed by atoms with E-state index in [4.69, 9.17) is 0 Å². The van der Waals surface area contributed by atoms with E-state index in [-0.39, 0.29) is 5.91 Å². The first-order valence-electron chi connectivity index (χ1n) is 9.95. The zero-order valence-electron chi connectivity index (χ0n) is 16.7. The Balaban J connectivity index is 1.56. The summed E-state index contributed by atoms with van der Waals surface area (Å²) >= 11 is 0. The highest BCUT2D eigenvalue weighted by Gasteiger charge is 2.30. The average Bonchev–Trinajstić information content (AvgIpc) is 3.43. The van der Waals surface area contributed by atoms with E-state index in [9.17, 15) is 13.6 Å². The maximum Gasteiger partial charge on any atom is 0.258 e. The molecule has 2 heterocycles. The van der Waals surface area contributed by atoms with Crippen LogP contribution in [0.5, 0.6) is 0 Å².